The summed E-state index contributed by atoms with van der Waals surface area (Å²) >= 11 is 0. The van der Waals surface area contributed by atoms with Gasteiger partial charge in [0, 0.05) is 13.0 Å². The Kier molecular flexibility index (Phi) is 3.48. The van der Waals surface area contributed by atoms with Crippen LogP contribution in [0.5, 0.6) is 0 Å². The van der Waals surface area contributed by atoms with Crippen LogP contribution in [0.25, 0.3) is 11.1 Å². The van der Waals surface area contributed by atoms with Crippen molar-refractivity contribution < 1.29 is 8.81 Å². The Morgan fingerprint density at radius 2 is 1.95 bits per heavy atom. The van der Waals surface area contributed by atoms with Crippen LogP contribution in [0.2, 0.25) is 0 Å². The number of hydrogen-bond donors (Lipinski definition) is 1. The summed E-state index contributed by atoms with van der Waals surface area (Å²) in [5.74, 6) is 0.450. The number of fused-ring (bicyclic) bond motifs is 1. The van der Waals surface area contributed by atoms with Crippen molar-refractivity contribution >= 4 is 11.1 Å². The highest BCUT2D eigenvalue weighted by atomic mass is 19.1. The predicted molar refractivity (Wildman–Crippen MR) is 75.7 cm³/mol. The minimum Gasteiger partial charge on any atom is -0.441 e. The summed E-state index contributed by atoms with van der Waals surface area (Å²) in [5.41, 5.74) is 9.15. The fourth-order valence-corrected chi connectivity index (χ4v) is 2.20. The van der Waals surface area contributed by atoms with Crippen LogP contribution in [-0.2, 0) is 19.4 Å². The van der Waals surface area contributed by atoms with Crippen molar-refractivity contribution in [1.29, 1.82) is 0 Å². The van der Waals surface area contributed by atoms with Crippen LogP contribution in [0, 0.1) is 5.82 Å². The number of rotatable bonds is 4. The van der Waals surface area contributed by atoms with Crippen LogP contribution >= 0.6 is 0 Å². The summed E-state index contributed by atoms with van der Waals surface area (Å²) in [5, 5.41) is 0. The van der Waals surface area contributed by atoms with Crippen LogP contribution in [0.1, 0.15) is 17.0 Å². The molecule has 3 aromatic rings. The van der Waals surface area contributed by atoms with Gasteiger partial charge in [-0.2, -0.15) is 0 Å². The minimum atomic E-state index is -0.215. The second-order valence-electron chi connectivity index (χ2n) is 4.74. The van der Waals surface area contributed by atoms with Gasteiger partial charge in [0.05, 0.1) is 0 Å². The molecule has 1 heterocycles. The van der Waals surface area contributed by atoms with Crippen LogP contribution in [0.15, 0.2) is 46.9 Å². The molecule has 0 aliphatic heterocycles. The van der Waals surface area contributed by atoms with Crippen molar-refractivity contribution in [2.75, 3.05) is 0 Å². The number of halogens is 1. The maximum Gasteiger partial charge on any atom is 0.195 e. The second kappa shape index (κ2) is 5.43. The van der Waals surface area contributed by atoms with E-state index in [1.54, 1.807) is 6.07 Å². The molecular weight excluding hydrogens is 255 g/mol. The zero-order valence-corrected chi connectivity index (χ0v) is 11.0. The summed E-state index contributed by atoms with van der Waals surface area (Å²) in [4.78, 5) is 4.44. The van der Waals surface area contributed by atoms with Gasteiger partial charge in [-0.25, -0.2) is 9.37 Å². The highest BCUT2D eigenvalue weighted by Crippen LogP contribution is 2.18. The molecule has 3 rings (SSSR count). The molecule has 3 nitrogen and oxygen atoms in total. The molecule has 0 amide bonds. The van der Waals surface area contributed by atoms with Crippen molar-refractivity contribution in [2.45, 2.75) is 19.4 Å². The molecule has 102 valence electrons. The maximum absolute atomic E-state index is 13.1. The number of nitrogens with zero attached hydrogens (tertiary/aromatic N) is 1. The van der Waals surface area contributed by atoms with Crippen LogP contribution < -0.4 is 5.73 Å². The quantitative estimate of drug-likeness (QED) is 0.792. The third kappa shape index (κ3) is 2.70. The summed E-state index contributed by atoms with van der Waals surface area (Å²) in [6, 6.07) is 12.3. The summed E-state index contributed by atoms with van der Waals surface area (Å²) < 4.78 is 18.8. The Morgan fingerprint density at radius 1 is 1.05 bits per heavy atom. The summed E-state index contributed by atoms with van der Waals surface area (Å²) in [6.45, 7) is 0.488. The van der Waals surface area contributed by atoms with E-state index in [-0.39, 0.29) is 5.82 Å². The molecule has 1 aromatic heterocycles. The maximum atomic E-state index is 13.1. The van der Waals surface area contributed by atoms with E-state index in [1.807, 2.05) is 24.3 Å². The van der Waals surface area contributed by atoms with Gasteiger partial charge in [-0.15, -0.1) is 0 Å². The zero-order valence-electron chi connectivity index (χ0n) is 11.0. The van der Waals surface area contributed by atoms with Crippen LogP contribution in [0.4, 0.5) is 4.39 Å². The number of hydrogen-bond acceptors (Lipinski definition) is 3. The largest absolute Gasteiger partial charge is 0.441 e. The van der Waals surface area contributed by atoms with Crippen molar-refractivity contribution in [2.24, 2.45) is 5.73 Å². The molecule has 0 radical (unpaired) electrons. The van der Waals surface area contributed by atoms with E-state index in [4.69, 9.17) is 10.2 Å². The van der Waals surface area contributed by atoms with Gasteiger partial charge in [-0.3, -0.25) is 0 Å². The lowest BCUT2D eigenvalue weighted by molar-refractivity contribution is 0.527. The molecule has 0 spiro atoms. The van der Waals surface area contributed by atoms with Gasteiger partial charge in [0.2, 0.25) is 0 Å². The van der Waals surface area contributed by atoms with Gasteiger partial charge in [0.15, 0.2) is 11.5 Å². The summed E-state index contributed by atoms with van der Waals surface area (Å²) in [7, 11) is 0. The van der Waals surface area contributed by atoms with Gasteiger partial charge in [-0.1, -0.05) is 18.2 Å². The highest BCUT2D eigenvalue weighted by molar-refractivity contribution is 5.73. The molecule has 0 fully saturated rings. The van der Waals surface area contributed by atoms with Crippen molar-refractivity contribution in [3.8, 4) is 0 Å². The fourth-order valence-electron chi connectivity index (χ4n) is 2.20. The smallest absolute Gasteiger partial charge is 0.195 e. The molecule has 0 atom stereocenters. The Morgan fingerprint density at radius 3 is 2.75 bits per heavy atom. The van der Waals surface area contributed by atoms with Crippen molar-refractivity contribution in [1.82, 2.24) is 4.98 Å². The normalized spacial score (nSPS) is 11.1. The van der Waals surface area contributed by atoms with E-state index in [9.17, 15) is 4.39 Å². The monoisotopic (exact) mass is 270 g/mol. The van der Waals surface area contributed by atoms with Gasteiger partial charge in [0.25, 0.3) is 0 Å². The molecule has 0 aliphatic rings. The Hall–Kier alpha value is -2.20. The number of aromatic nitrogens is 1. The first-order chi connectivity index (χ1) is 9.74. The first kappa shape index (κ1) is 12.8. The Bertz CT molecular complexity index is 736. The Labute approximate surface area is 116 Å². The number of oxazole rings is 1. The molecule has 2 aromatic carbocycles. The standard InChI is InChI=1S/C16H15FN2O/c17-13-3-1-2-11(8-13)5-7-16-19-14-9-12(10-18)4-6-15(14)20-16/h1-4,6,8-9H,5,7,10,18H2. The minimum absolute atomic E-state index is 0.215. The molecule has 4 heteroatoms. The lowest BCUT2D eigenvalue weighted by Crippen LogP contribution is -1.95. The number of benzene rings is 2. The second-order valence-corrected chi connectivity index (χ2v) is 4.74. The van der Waals surface area contributed by atoms with Crippen molar-refractivity contribution in [3.05, 3.63) is 65.3 Å². The zero-order chi connectivity index (χ0) is 13.9. The average Bonchev–Trinajstić information content (AvgIpc) is 2.87. The van der Waals surface area contributed by atoms with E-state index in [0.717, 1.165) is 22.2 Å². The van der Waals surface area contributed by atoms with Gasteiger partial charge < -0.3 is 10.2 Å². The van der Waals surface area contributed by atoms with Gasteiger partial charge in [-0.05, 0) is 41.8 Å². The molecule has 2 N–H and O–H groups in total. The number of nitrogens with two attached hydrogens (primary N) is 1. The third-order valence-electron chi connectivity index (χ3n) is 3.25. The molecule has 0 unspecified atom stereocenters. The topological polar surface area (TPSA) is 52.0 Å². The Balaban J connectivity index is 1.77. The first-order valence-corrected chi connectivity index (χ1v) is 6.57. The van der Waals surface area contributed by atoms with E-state index < -0.39 is 0 Å². The van der Waals surface area contributed by atoms with E-state index >= 15 is 0 Å². The number of aryl methyl sites for hydroxylation is 2. The molecule has 20 heavy (non-hydrogen) atoms. The fraction of sp³-hybridized carbons (Fsp3) is 0.188. The molecular formula is C16H15FN2O. The molecule has 0 bridgehead atoms. The lowest BCUT2D eigenvalue weighted by atomic mass is 10.1. The van der Waals surface area contributed by atoms with E-state index in [1.165, 1.54) is 12.1 Å². The molecule has 0 aliphatic carbocycles. The van der Waals surface area contributed by atoms with Gasteiger partial charge in [0.1, 0.15) is 11.3 Å². The van der Waals surface area contributed by atoms with Crippen LogP contribution in [0.3, 0.4) is 0 Å². The average molecular weight is 270 g/mol. The first-order valence-electron chi connectivity index (χ1n) is 6.57. The van der Waals surface area contributed by atoms with Crippen molar-refractivity contribution in [3.63, 3.8) is 0 Å². The van der Waals surface area contributed by atoms with E-state index in [0.29, 0.717) is 25.3 Å². The predicted octanol–water partition coefficient (Wildman–Crippen LogP) is 3.21. The third-order valence-corrected chi connectivity index (χ3v) is 3.25. The molecule has 0 saturated carbocycles. The SMILES string of the molecule is NCc1ccc2oc(CCc3cccc(F)c3)nc2c1. The van der Waals surface area contributed by atoms with Crippen LogP contribution in [-0.4, -0.2) is 4.98 Å². The molecule has 0 saturated heterocycles. The van der Waals surface area contributed by atoms with E-state index in [2.05, 4.69) is 4.98 Å². The highest BCUT2D eigenvalue weighted by Gasteiger charge is 2.07. The lowest BCUT2D eigenvalue weighted by Gasteiger charge is -1.98. The van der Waals surface area contributed by atoms with Gasteiger partial charge >= 0.3 is 0 Å². The summed E-state index contributed by atoms with van der Waals surface area (Å²) in [6.07, 6.45) is 1.35.